The Balaban J connectivity index is 1.22. The lowest BCUT2D eigenvalue weighted by Crippen LogP contribution is -2.51. The lowest BCUT2D eigenvalue weighted by Gasteiger charge is -2.44. The first kappa shape index (κ1) is 21.4. The minimum Gasteiger partial charge on any atom is -0.448 e. The molecule has 3 aromatic carbocycles. The van der Waals surface area contributed by atoms with Crippen LogP contribution in [0, 0.1) is 5.82 Å². The molecule has 1 aliphatic carbocycles. The van der Waals surface area contributed by atoms with Crippen molar-refractivity contribution in [2.45, 2.75) is 43.7 Å². The second-order valence-electron chi connectivity index (χ2n) is 9.42. The number of nitrogens with zero attached hydrogens (tertiary/aromatic N) is 1. The van der Waals surface area contributed by atoms with Gasteiger partial charge in [-0.05, 0) is 77.3 Å². The van der Waals surface area contributed by atoms with Crippen molar-refractivity contribution in [1.82, 2.24) is 4.90 Å². The summed E-state index contributed by atoms with van der Waals surface area (Å²) in [5.74, 6) is -0.297. The van der Waals surface area contributed by atoms with Crippen LogP contribution in [0.5, 0.6) is 0 Å². The highest BCUT2D eigenvalue weighted by molar-refractivity contribution is 6.30. The van der Waals surface area contributed by atoms with Gasteiger partial charge in [-0.2, -0.15) is 0 Å². The molecule has 6 rings (SSSR count). The monoisotopic (exact) mass is 473 g/mol. The van der Waals surface area contributed by atoms with Gasteiger partial charge in [-0.1, -0.05) is 66.2 Å². The van der Waals surface area contributed by atoms with Gasteiger partial charge in [0.15, 0.2) is 0 Å². The Morgan fingerprint density at radius 2 is 1.71 bits per heavy atom. The molecule has 2 unspecified atom stereocenters. The molecule has 5 heteroatoms. The van der Waals surface area contributed by atoms with Gasteiger partial charge in [-0.3, -0.25) is 4.90 Å². The van der Waals surface area contributed by atoms with E-state index in [-0.39, 0.29) is 29.9 Å². The number of benzene rings is 3. The normalized spacial score (nSPS) is 21.0. The molecule has 2 bridgehead atoms. The number of carbonyl (C=O) groups excluding carboxylic acids is 1. The molecule has 0 saturated carbocycles. The van der Waals surface area contributed by atoms with Crippen LogP contribution in [0.2, 0.25) is 5.02 Å². The number of amides is 1. The van der Waals surface area contributed by atoms with Crippen LogP contribution in [-0.4, -0.2) is 29.7 Å². The zero-order valence-electron chi connectivity index (χ0n) is 18.7. The lowest BCUT2D eigenvalue weighted by molar-refractivity contribution is 0.0539. The summed E-state index contributed by atoms with van der Waals surface area (Å²) in [6.45, 7) is 0.318. The minimum absolute atomic E-state index is 0.0415. The zero-order valence-corrected chi connectivity index (χ0v) is 19.5. The number of fused-ring (bicyclic) bond motifs is 5. The van der Waals surface area contributed by atoms with Gasteiger partial charge in [0.05, 0.1) is 6.04 Å². The summed E-state index contributed by atoms with van der Waals surface area (Å²) in [7, 11) is 0. The smallest absolute Gasteiger partial charge is 0.410 e. The predicted molar refractivity (Wildman–Crippen MR) is 132 cm³/mol. The summed E-state index contributed by atoms with van der Waals surface area (Å²) in [6, 6.07) is 21.4. The fraction of sp³-hybridized carbons (Fsp3) is 0.276. The maximum atomic E-state index is 13.9. The third-order valence-corrected chi connectivity index (χ3v) is 7.64. The van der Waals surface area contributed by atoms with Crippen molar-refractivity contribution in [3.8, 4) is 11.1 Å². The van der Waals surface area contributed by atoms with Crippen molar-refractivity contribution in [2.75, 3.05) is 6.61 Å². The van der Waals surface area contributed by atoms with Crippen LogP contribution in [0.4, 0.5) is 9.18 Å². The van der Waals surface area contributed by atoms with Crippen LogP contribution in [0.1, 0.15) is 48.3 Å². The third-order valence-electron chi connectivity index (χ3n) is 7.42. The summed E-state index contributed by atoms with van der Waals surface area (Å²) >= 11 is 6.09. The third kappa shape index (κ3) is 3.70. The fourth-order valence-corrected chi connectivity index (χ4v) is 6.16. The molecule has 34 heavy (non-hydrogen) atoms. The molecule has 3 nitrogen and oxygen atoms in total. The number of halogens is 2. The number of hydrogen-bond acceptors (Lipinski definition) is 2. The van der Waals surface area contributed by atoms with Gasteiger partial charge in [0.25, 0.3) is 0 Å². The first-order valence-electron chi connectivity index (χ1n) is 11.9. The van der Waals surface area contributed by atoms with Gasteiger partial charge >= 0.3 is 6.09 Å². The molecule has 0 aromatic heterocycles. The van der Waals surface area contributed by atoms with Gasteiger partial charge in [0.2, 0.25) is 0 Å². The second-order valence-corrected chi connectivity index (χ2v) is 9.85. The van der Waals surface area contributed by atoms with Crippen LogP contribution in [-0.2, 0) is 4.74 Å². The van der Waals surface area contributed by atoms with Crippen LogP contribution >= 0.6 is 11.6 Å². The standard InChI is InChI=1S/C29H25ClFNO2/c30-20-12-18(13-21(31)16-20)19-14-22-6-5-7-23(15-19)32(22)29(33)34-17-28-26-10-3-1-8-24(26)25-9-2-4-11-27(25)28/h1-4,8-14,16,22-23,28H,5-7,15,17H2. The zero-order chi connectivity index (χ0) is 23.2. The molecule has 2 atom stereocenters. The maximum Gasteiger partial charge on any atom is 0.410 e. The van der Waals surface area contributed by atoms with E-state index < -0.39 is 0 Å². The fourth-order valence-electron chi connectivity index (χ4n) is 5.94. The Labute approximate surface area is 203 Å². The Hall–Kier alpha value is -3.11. The van der Waals surface area contributed by atoms with E-state index in [0.717, 1.165) is 30.4 Å². The Morgan fingerprint density at radius 1 is 1.00 bits per heavy atom. The van der Waals surface area contributed by atoms with E-state index in [1.807, 2.05) is 17.0 Å². The molecule has 0 spiro atoms. The van der Waals surface area contributed by atoms with Gasteiger partial charge in [0, 0.05) is 17.0 Å². The first-order chi connectivity index (χ1) is 16.6. The van der Waals surface area contributed by atoms with Crippen LogP contribution in [0.15, 0.2) is 72.8 Å². The topological polar surface area (TPSA) is 29.5 Å². The Bertz CT molecular complexity index is 1240. The molecule has 172 valence electrons. The van der Waals surface area contributed by atoms with Crippen molar-refractivity contribution in [3.05, 3.63) is 100 Å². The molecule has 0 radical (unpaired) electrons. The van der Waals surface area contributed by atoms with E-state index in [2.05, 4.69) is 42.5 Å². The molecule has 1 saturated heterocycles. The molecule has 1 amide bonds. The van der Waals surface area contributed by atoms with E-state index in [0.29, 0.717) is 18.1 Å². The average Bonchev–Trinajstić information content (AvgIpc) is 3.15. The predicted octanol–water partition coefficient (Wildman–Crippen LogP) is 7.44. The summed E-state index contributed by atoms with van der Waals surface area (Å²) in [5.41, 5.74) is 6.71. The second kappa shape index (κ2) is 8.59. The molecule has 0 N–H and O–H groups in total. The quantitative estimate of drug-likeness (QED) is 0.395. The van der Waals surface area contributed by atoms with Gasteiger partial charge < -0.3 is 4.74 Å². The van der Waals surface area contributed by atoms with Crippen LogP contribution in [0.25, 0.3) is 16.7 Å². The van der Waals surface area contributed by atoms with E-state index in [4.69, 9.17) is 16.3 Å². The Kier molecular flexibility index (Phi) is 5.41. The summed E-state index contributed by atoms with van der Waals surface area (Å²) in [5, 5.41) is 0.389. The molecule has 2 heterocycles. The number of ether oxygens (including phenoxy) is 1. The number of carbonyl (C=O) groups is 1. The van der Waals surface area contributed by atoms with Crippen molar-refractivity contribution in [1.29, 1.82) is 0 Å². The highest BCUT2D eigenvalue weighted by atomic mass is 35.5. The summed E-state index contributed by atoms with van der Waals surface area (Å²) in [6.07, 6.45) is 5.39. The van der Waals surface area contributed by atoms with Gasteiger partial charge in [-0.25, -0.2) is 9.18 Å². The molecule has 1 fully saturated rings. The van der Waals surface area contributed by atoms with Gasteiger partial charge in [0.1, 0.15) is 12.4 Å². The highest BCUT2D eigenvalue weighted by Gasteiger charge is 2.39. The van der Waals surface area contributed by atoms with Crippen molar-refractivity contribution in [2.24, 2.45) is 0 Å². The number of hydrogen-bond donors (Lipinski definition) is 0. The summed E-state index contributed by atoms with van der Waals surface area (Å²) < 4.78 is 19.9. The SMILES string of the molecule is O=C(OCC1c2ccccc2-c2ccccc21)N1C2C=C(c3cc(F)cc(Cl)c3)CC1CCC2. The van der Waals surface area contributed by atoms with Gasteiger partial charge in [-0.15, -0.1) is 0 Å². The molecule has 3 aromatic rings. The minimum atomic E-state index is -0.340. The van der Waals surface area contributed by atoms with Crippen molar-refractivity contribution >= 4 is 23.3 Å². The summed E-state index contributed by atoms with van der Waals surface area (Å²) in [4.78, 5) is 15.2. The van der Waals surface area contributed by atoms with Crippen molar-refractivity contribution in [3.63, 3.8) is 0 Å². The van der Waals surface area contributed by atoms with Crippen LogP contribution < -0.4 is 0 Å². The first-order valence-corrected chi connectivity index (χ1v) is 12.3. The lowest BCUT2D eigenvalue weighted by atomic mass is 9.83. The Morgan fingerprint density at radius 3 is 2.38 bits per heavy atom. The van der Waals surface area contributed by atoms with E-state index in [9.17, 15) is 9.18 Å². The highest BCUT2D eigenvalue weighted by Crippen LogP contribution is 2.45. The molecular formula is C29H25ClFNO2. The van der Waals surface area contributed by atoms with Crippen LogP contribution in [0.3, 0.4) is 0 Å². The van der Waals surface area contributed by atoms with E-state index in [1.165, 1.54) is 34.4 Å². The largest absolute Gasteiger partial charge is 0.448 e. The average molecular weight is 474 g/mol. The van der Waals surface area contributed by atoms with E-state index in [1.54, 1.807) is 6.07 Å². The van der Waals surface area contributed by atoms with E-state index >= 15 is 0 Å². The molecule has 3 aliphatic rings. The maximum absolute atomic E-state index is 13.9. The molecule has 2 aliphatic heterocycles. The number of piperidine rings is 1. The van der Waals surface area contributed by atoms with Crippen molar-refractivity contribution < 1.29 is 13.9 Å². The molecular weight excluding hydrogens is 449 g/mol. The number of rotatable bonds is 3.